The molecule has 0 spiro atoms. The predicted molar refractivity (Wildman–Crippen MR) is 122 cm³/mol. The quantitative estimate of drug-likeness (QED) is 0.512. The Morgan fingerprint density at radius 1 is 1.40 bits per heavy atom. The highest BCUT2D eigenvalue weighted by molar-refractivity contribution is 6.09. The van der Waals surface area contributed by atoms with Crippen molar-refractivity contribution in [1.29, 1.82) is 0 Å². The van der Waals surface area contributed by atoms with E-state index in [1.807, 2.05) is 19.2 Å². The summed E-state index contributed by atoms with van der Waals surface area (Å²) in [5.41, 5.74) is 6.43. The zero-order valence-electron chi connectivity index (χ0n) is 18.0. The topological polar surface area (TPSA) is 80.5 Å². The summed E-state index contributed by atoms with van der Waals surface area (Å²) < 4.78 is 7.10. The molecule has 30 heavy (non-hydrogen) atoms. The van der Waals surface area contributed by atoms with E-state index >= 15 is 0 Å². The van der Waals surface area contributed by atoms with Crippen LogP contribution >= 0.6 is 0 Å². The van der Waals surface area contributed by atoms with Crippen LogP contribution in [0, 0.1) is 12.8 Å². The molecule has 1 aliphatic rings. The third kappa shape index (κ3) is 5.79. The number of aromatic nitrogens is 2. The number of hydrazone groups is 1. The van der Waals surface area contributed by atoms with Crippen LogP contribution in [0.15, 0.2) is 53.1 Å². The molecule has 1 aliphatic heterocycles. The van der Waals surface area contributed by atoms with Crippen molar-refractivity contribution in [3.63, 3.8) is 0 Å². The summed E-state index contributed by atoms with van der Waals surface area (Å²) in [5.74, 6) is 1.24. The van der Waals surface area contributed by atoms with Crippen molar-refractivity contribution in [2.24, 2.45) is 11.0 Å². The number of rotatable bonds is 8. The van der Waals surface area contributed by atoms with Crippen LogP contribution in [0.5, 0.6) is 0 Å². The molecule has 0 amide bonds. The molecule has 0 aromatic carbocycles. The van der Waals surface area contributed by atoms with Gasteiger partial charge in [0.1, 0.15) is 5.82 Å². The summed E-state index contributed by atoms with van der Waals surface area (Å²) in [6.07, 6.45) is 7.29. The first kappa shape index (κ1) is 21.8. The SMILES string of the molecule is C=C/C(=N\Nc1ccc(=O)n(CC(C)C)c1)c1cnc(NC2CCOCC2)cc1C. The summed E-state index contributed by atoms with van der Waals surface area (Å²) in [6.45, 7) is 12.3. The molecule has 0 bridgehead atoms. The molecule has 0 atom stereocenters. The summed E-state index contributed by atoms with van der Waals surface area (Å²) in [5, 5.41) is 7.98. The number of allylic oxidation sites excluding steroid dienone is 1. The fourth-order valence-electron chi connectivity index (χ4n) is 3.43. The molecule has 0 aliphatic carbocycles. The van der Waals surface area contributed by atoms with Gasteiger partial charge in [0, 0.05) is 49.8 Å². The van der Waals surface area contributed by atoms with Crippen molar-refractivity contribution in [2.75, 3.05) is 24.0 Å². The van der Waals surface area contributed by atoms with Crippen LogP contribution in [-0.4, -0.2) is 34.5 Å². The fourth-order valence-corrected chi connectivity index (χ4v) is 3.43. The molecule has 2 N–H and O–H groups in total. The van der Waals surface area contributed by atoms with Crippen LogP contribution in [0.3, 0.4) is 0 Å². The largest absolute Gasteiger partial charge is 0.381 e. The molecule has 160 valence electrons. The Bertz CT molecular complexity index is 958. The van der Waals surface area contributed by atoms with Crippen molar-refractivity contribution < 1.29 is 4.74 Å². The first-order chi connectivity index (χ1) is 14.5. The number of nitrogens with one attached hydrogen (secondary N) is 2. The van der Waals surface area contributed by atoms with Gasteiger partial charge >= 0.3 is 0 Å². The number of anilines is 2. The minimum absolute atomic E-state index is 0.0187. The van der Waals surface area contributed by atoms with Crippen LogP contribution < -0.4 is 16.3 Å². The number of aryl methyl sites for hydroxylation is 1. The highest BCUT2D eigenvalue weighted by atomic mass is 16.5. The van der Waals surface area contributed by atoms with E-state index in [2.05, 4.69) is 41.3 Å². The Labute approximate surface area is 177 Å². The van der Waals surface area contributed by atoms with Gasteiger partial charge in [-0.3, -0.25) is 10.2 Å². The lowest BCUT2D eigenvalue weighted by Crippen LogP contribution is -2.28. The summed E-state index contributed by atoms with van der Waals surface area (Å²) in [4.78, 5) is 16.6. The van der Waals surface area contributed by atoms with Gasteiger partial charge in [-0.15, -0.1) is 0 Å². The molecule has 1 fully saturated rings. The van der Waals surface area contributed by atoms with Gasteiger partial charge in [0.2, 0.25) is 0 Å². The molecule has 2 aromatic rings. The Balaban J connectivity index is 1.74. The van der Waals surface area contributed by atoms with E-state index in [4.69, 9.17) is 4.74 Å². The number of ether oxygens (including phenoxy) is 1. The minimum atomic E-state index is -0.0187. The lowest BCUT2D eigenvalue weighted by Gasteiger charge is -2.23. The van der Waals surface area contributed by atoms with Gasteiger partial charge in [-0.1, -0.05) is 20.4 Å². The number of hydrogen-bond acceptors (Lipinski definition) is 6. The van der Waals surface area contributed by atoms with E-state index in [1.54, 1.807) is 29.0 Å². The second kappa shape index (κ2) is 10.2. The zero-order valence-corrected chi connectivity index (χ0v) is 18.0. The fraction of sp³-hybridized carbons (Fsp3) is 0.435. The Morgan fingerprint density at radius 2 is 2.17 bits per heavy atom. The Kier molecular flexibility index (Phi) is 7.41. The number of pyridine rings is 2. The first-order valence-corrected chi connectivity index (χ1v) is 10.4. The average molecular weight is 410 g/mol. The van der Waals surface area contributed by atoms with Gasteiger partial charge in [0.05, 0.1) is 11.4 Å². The molecule has 0 unspecified atom stereocenters. The average Bonchev–Trinajstić information content (AvgIpc) is 2.72. The summed E-state index contributed by atoms with van der Waals surface area (Å²) in [6, 6.07) is 5.71. The van der Waals surface area contributed by atoms with Crippen molar-refractivity contribution >= 4 is 17.2 Å². The normalized spacial score (nSPS) is 15.3. The van der Waals surface area contributed by atoms with E-state index in [1.165, 1.54) is 0 Å². The maximum atomic E-state index is 12.0. The Morgan fingerprint density at radius 3 is 2.83 bits per heavy atom. The highest BCUT2D eigenvalue weighted by Gasteiger charge is 2.14. The molecule has 0 saturated carbocycles. The van der Waals surface area contributed by atoms with E-state index in [0.717, 1.165) is 48.7 Å². The molecule has 7 heteroatoms. The summed E-state index contributed by atoms with van der Waals surface area (Å²) in [7, 11) is 0. The molecule has 3 heterocycles. The maximum absolute atomic E-state index is 12.0. The van der Waals surface area contributed by atoms with E-state index in [-0.39, 0.29) is 5.56 Å². The first-order valence-electron chi connectivity index (χ1n) is 10.4. The van der Waals surface area contributed by atoms with E-state index in [9.17, 15) is 4.79 Å². The van der Waals surface area contributed by atoms with Gasteiger partial charge in [0.15, 0.2) is 0 Å². The lowest BCUT2D eigenvalue weighted by molar-refractivity contribution is 0.0904. The maximum Gasteiger partial charge on any atom is 0.250 e. The van der Waals surface area contributed by atoms with E-state index < -0.39 is 0 Å². The molecule has 1 saturated heterocycles. The van der Waals surface area contributed by atoms with Crippen molar-refractivity contribution in [3.05, 3.63) is 64.7 Å². The predicted octanol–water partition coefficient (Wildman–Crippen LogP) is 3.80. The van der Waals surface area contributed by atoms with Crippen molar-refractivity contribution in [1.82, 2.24) is 9.55 Å². The van der Waals surface area contributed by atoms with Gasteiger partial charge < -0.3 is 14.6 Å². The summed E-state index contributed by atoms with van der Waals surface area (Å²) >= 11 is 0. The smallest absolute Gasteiger partial charge is 0.250 e. The zero-order chi connectivity index (χ0) is 21.5. The van der Waals surface area contributed by atoms with E-state index in [0.29, 0.717) is 24.2 Å². The van der Waals surface area contributed by atoms with Crippen LogP contribution in [0.1, 0.15) is 37.8 Å². The second-order valence-electron chi connectivity index (χ2n) is 8.03. The molecule has 0 radical (unpaired) electrons. The van der Waals surface area contributed by atoms with Crippen LogP contribution in [-0.2, 0) is 11.3 Å². The van der Waals surface area contributed by atoms with Gasteiger partial charge in [-0.25, -0.2) is 4.98 Å². The molecular formula is C23H31N5O2. The number of hydrogen-bond donors (Lipinski definition) is 2. The highest BCUT2D eigenvalue weighted by Crippen LogP contribution is 2.18. The van der Waals surface area contributed by atoms with Crippen LogP contribution in [0.2, 0.25) is 0 Å². The lowest BCUT2D eigenvalue weighted by atomic mass is 10.1. The third-order valence-corrected chi connectivity index (χ3v) is 5.00. The third-order valence-electron chi connectivity index (χ3n) is 5.00. The van der Waals surface area contributed by atoms with Gasteiger partial charge in [0.25, 0.3) is 5.56 Å². The molecule has 2 aromatic heterocycles. The monoisotopic (exact) mass is 409 g/mol. The van der Waals surface area contributed by atoms with Crippen molar-refractivity contribution in [3.8, 4) is 0 Å². The Hall–Kier alpha value is -2.93. The van der Waals surface area contributed by atoms with Gasteiger partial charge in [-0.05, 0) is 49.5 Å². The van der Waals surface area contributed by atoms with Crippen LogP contribution in [0.25, 0.3) is 0 Å². The minimum Gasteiger partial charge on any atom is -0.381 e. The standard InChI is InChI=1S/C23H31N5O2/c1-5-21(27-26-19-6-7-23(29)28(15-19)14-16(2)3)20-13-24-22(12-17(20)4)25-18-8-10-30-11-9-18/h5-7,12-13,15-16,18,26H,1,8-11,14H2,2-4H3,(H,24,25)/b27-21+. The second-order valence-corrected chi connectivity index (χ2v) is 8.03. The van der Waals surface area contributed by atoms with Crippen molar-refractivity contribution in [2.45, 2.75) is 46.2 Å². The molecule has 3 rings (SSSR count). The van der Waals surface area contributed by atoms with Crippen LogP contribution in [0.4, 0.5) is 11.5 Å². The molecule has 7 nitrogen and oxygen atoms in total. The van der Waals surface area contributed by atoms with Gasteiger partial charge in [-0.2, -0.15) is 5.10 Å². The number of nitrogens with zero attached hydrogens (tertiary/aromatic N) is 3. The molecular weight excluding hydrogens is 378 g/mol.